The van der Waals surface area contributed by atoms with Crippen molar-refractivity contribution in [3.63, 3.8) is 0 Å². The molecule has 2 aromatic carbocycles. The molecule has 27 heavy (non-hydrogen) atoms. The summed E-state index contributed by atoms with van der Waals surface area (Å²) in [5.74, 6) is 0. The highest BCUT2D eigenvalue weighted by Gasteiger charge is 2.44. The molecule has 1 aliphatic rings. The zero-order valence-corrected chi connectivity index (χ0v) is 16.6. The third-order valence-corrected chi connectivity index (χ3v) is 4.89. The molecule has 0 amide bonds. The molecule has 0 aliphatic heterocycles. The van der Waals surface area contributed by atoms with Crippen molar-refractivity contribution in [2.75, 3.05) is 13.1 Å². The van der Waals surface area contributed by atoms with E-state index in [0.717, 1.165) is 38.0 Å². The van der Waals surface area contributed by atoms with Gasteiger partial charge in [-0.15, -0.1) is 0 Å². The van der Waals surface area contributed by atoms with Crippen LogP contribution in [-0.2, 0) is 18.6 Å². The third-order valence-electron chi connectivity index (χ3n) is 4.89. The smallest absolute Gasteiger partial charge is 0.136 e. The minimum absolute atomic E-state index is 0.692. The Kier molecular flexibility index (Phi) is 8.48. The highest BCUT2D eigenvalue weighted by molar-refractivity contribution is 5.30. The van der Waals surface area contributed by atoms with E-state index < -0.39 is 5.67 Å². The number of benzene rings is 2. The average Bonchev–Trinajstić information content (AvgIpc) is 3.43. The summed E-state index contributed by atoms with van der Waals surface area (Å²) in [6.45, 7) is 6.94. The van der Waals surface area contributed by atoms with Crippen LogP contribution in [0.4, 0.5) is 4.39 Å². The number of hydrogen-bond donors (Lipinski definition) is 0. The van der Waals surface area contributed by atoms with Crippen molar-refractivity contribution < 1.29 is 4.39 Å². The van der Waals surface area contributed by atoms with Gasteiger partial charge >= 0.3 is 0 Å². The lowest BCUT2D eigenvalue weighted by atomic mass is 10.0. The molecule has 0 radical (unpaired) electrons. The van der Waals surface area contributed by atoms with Gasteiger partial charge in [-0.1, -0.05) is 61.5 Å². The summed E-state index contributed by atoms with van der Waals surface area (Å²) >= 11 is 0. The Morgan fingerprint density at radius 2 is 1.63 bits per heavy atom. The van der Waals surface area contributed by atoms with E-state index in [-0.39, 0.29) is 0 Å². The Hall–Kier alpha value is -2.18. The molecule has 1 fully saturated rings. The topological polar surface area (TPSA) is 27.0 Å². The second kappa shape index (κ2) is 10.8. The van der Waals surface area contributed by atoms with Crippen LogP contribution in [0.5, 0.6) is 0 Å². The predicted molar refractivity (Wildman–Crippen MR) is 110 cm³/mol. The van der Waals surface area contributed by atoms with Crippen LogP contribution in [0.15, 0.2) is 54.6 Å². The lowest BCUT2D eigenvalue weighted by Gasteiger charge is -2.21. The summed E-state index contributed by atoms with van der Waals surface area (Å²) in [5, 5.41) is 7.32. The minimum atomic E-state index is -1.01. The number of nitriles is 1. The van der Waals surface area contributed by atoms with Gasteiger partial charge in [0.15, 0.2) is 0 Å². The number of nitrogens with zero attached hydrogens (tertiary/aromatic N) is 2. The first-order chi connectivity index (χ1) is 13.1. The van der Waals surface area contributed by atoms with E-state index in [4.69, 9.17) is 5.26 Å². The molecule has 1 saturated carbocycles. The van der Waals surface area contributed by atoms with Crippen LogP contribution in [0.2, 0.25) is 0 Å². The van der Waals surface area contributed by atoms with Crippen molar-refractivity contribution in [1.29, 1.82) is 5.26 Å². The molecule has 0 bridgehead atoms. The van der Waals surface area contributed by atoms with Crippen molar-refractivity contribution in [2.45, 2.75) is 58.2 Å². The molecule has 0 spiro atoms. The summed E-state index contributed by atoms with van der Waals surface area (Å²) in [6.07, 6.45) is 4.78. The maximum atomic E-state index is 14.0. The van der Waals surface area contributed by atoms with Gasteiger partial charge in [-0.25, -0.2) is 4.39 Å². The first-order valence-electron chi connectivity index (χ1n) is 9.96. The van der Waals surface area contributed by atoms with Crippen molar-refractivity contribution in [3.05, 3.63) is 71.3 Å². The summed E-state index contributed by atoms with van der Waals surface area (Å²) in [5.41, 5.74) is 2.56. The van der Waals surface area contributed by atoms with Gasteiger partial charge < -0.3 is 0 Å². The number of aryl methyl sites for hydroxylation is 1. The predicted octanol–water partition coefficient (Wildman–Crippen LogP) is 6.02. The highest BCUT2D eigenvalue weighted by atomic mass is 19.1. The first kappa shape index (κ1) is 21.1. The van der Waals surface area contributed by atoms with Crippen LogP contribution in [0.3, 0.4) is 0 Å². The van der Waals surface area contributed by atoms with Gasteiger partial charge in [0.1, 0.15) is 5.67 Å². The van der Waals surface area contributed by atoms with E-state index in [1.807, 2.05) is 12.1 Å². The molecule has 0 atom stereocenters. The summed E-state index contributed by atoms with van der Waals surface area (Å²) in [7, 11) is 0. The van der Waals surface area contributed by atoms with Gasteiger partial charge in [0, 0.05) is 13.5 Å². The molecule has 2 nitrogen and oxygen atoms in total. The van der Waals surface area contributed by atoms with E-state index in [1.165, 1.54) is 24.5 Å². The van der Waals surface area contributed by atoms with E-state index in [1.54, 1.807) is 6.07 Å². The van der Waals surface area contributed by atoms with Gasteiger partial charge in [0.2, 0.25) is 0 Å². The van der Waals surface area contributed by atoms with Crippen LogP contribution in [0, 0.1) is 11.3 Å². The normalized spacial score (nSPS) is 14.2. The molecule has 1 aliphatic carbocycles. The number of rotatable bonds is 9. The van der Waals surface area contributed by atoms with Crippen molar-refractivity contribution >= 4 is 0 Å². The Balaban J connectivity index is 0.000000817. The SMILES string of the molecule is CC#N.CCCN(CCCc1ccc(C2(F)CC2)cc1)Cc1ccccc1. The van der Waals surface area contributed by atoms with Crippen LogP contribution in [-0.4, -0.2) is 18.0 Å². The molecule has 3 heteroatoms. The number of halogens is 1. The molecule has 0 heterocycles. The van der Waals surface area contributed by atoms with Crippen molar-refractivity contribution in [1.82, 2.24) is 4.90 Å². The quantitative estimate of drug-likeness (QED) is 0.542. The van der Waals surface area contributed by atoms with Crippen LogP contribution in [0.25, 0.3) is 0 Å². The molecule has 0 saturated heterocycles. The molecular formula is C24H31FN2. The minimum Gasteiger partial charge on any atom is -0.299 e. The molecule has 0 aromatic heterocycles. The van der Waals surface area contributed by atoms with E-state index in [2.05, 4.69) is 54.3 Å². The summed E-state index contributed by atoms with van der Waals surface area (Å²) in [6, 6.07) is 20.6. The fourth-order valence-electron chi connectivity index (χ4n) is 3.30. The van der Waals surface area contributed by atoms with E-state index in [0.29, 0.717) is 12.8 Å². The summed E-state index contributed by atoms with van der Waals surface area (Å²) < 4.78 is 14.0. The zero-order valence-electron chi connectivity index (χ0n) is 16.6. The third kappa shape index (κ3) is 7.15. The Morgan fingerprint density at radius 1 is 1.00 bits per heavy atom. The second-order valence-electron chi connectivity index (χ2n) is 7.25. The Morgan fingerprint density at radius 3 is 2.19 bits per heavy atom. The van der Waals surface area contributed by atoms with Crippen LogP contribution >= 0.6 is 0 Å². The monoisotopic (exact) mass is 366 g/mol. The highest BCUT2D eigenvalue weighted by Crippen LogP contribution is 2.49. The van der Waals surface area contributed by atoms with Gasteiger partial charge in [0.05, 0.1) is 6.07 Å². The fraction of sp³-hybridized carbons (Fsp3) is 0.458. The van der Waals surface area contributed by atoms with E-state index >= 15 is 0 Å². The second-order valence-corrected chi connectivity index (χ2v) is 7.25. The lowest BCUT2D eigenvalue weighted by molar-refractivity contribution is 0.262. The molecule has 0 unspecified atom stereocenters. The van der Waals surface area contributed by atoms with E-state index in [9.17, 15) is 4.39 Å². The molecule has 144 valence electrons. The Bertz CT molecular complexity index is 699. The molecule has 3 rings (SSSR count). The lowest BCUT2D eigenvalue weighted by Crippen LogP contribution is -2.25. The van der Waals surface area contributed by atoms with Gasteiger partial charge in [-0.05, 0) is 61.9 Å². The standard InChI is InChI=1S/C22H28FN.C2H3N/c1-2-16-24(18-20-7-4-3-5-8-20)17-6-9-19-10-12-21(13-11-19)22(23)14-15-22;1-2-3/h3-5,7-8,10-13H,2,6,9,14-18H2,1H3;1H3. The van der Waals surface area contributed by atoms with Crippen molar-refractivity contribution in [3.8, 4) is 6.07 Å². The number of hydrogen-bond acceptors (Lipinski definition) is 2. The fourth-order valence-corrected chi connectivity index (χ4v) is 3.30. The largest absolute Gasteiger partial charge is 0.299 e. The van der Waals surface area contributed by atoms with Crippen molar-refractivity contribution in [2.24, 2.45) is 0 Å². The van der Waals surface area contributed by atoms with Crippen LogP contribution < -0.4 is 0 Å². The van der Waals surface area contributed by atoms with Gasteiger partial charge in [-0.3, -0.25) is 4.90 Å². The first-order valence-corrected chi connectivity index (χ1v) is 9.96. The summed E-state index contributed by atoms with van der Waals surface area (Å²) in [4.78, 5) is 2.53. The van der Waals surface area contributed by atoms with Gasteiger partial charge in [0.25, 0.3) is 0 Å². The molecular weight excluding hydrogens is 335 g/mol. The Labute approximate surface area is 163 Å². The van der Waals surface area contributed by atoms with Crippen LogP contribution in [0.1, 0.15) is 56.2 Å². The number of alkyl halides is 1. The zero-order chi connectivity index (χ0) is 19.5. The molecule has 0 N–H and O–H groups in total. The average molecular weight is 367 g/mol. The maximum absolute atomic E-state index is 14.0. The maximum Gasteiger partial charge on any atom is 0.136 e. The molecule has 2 aromatic rings. The van der Waals surface area contributed by atoms with Gasteiger partial charge in [-0.2, -0.15) is 5.26 Å².